The van der Waals surface area contributed by atoms with E-state index in [-0.39, 0.29) is 12.5 Å². The highest BCUT2D eigenvalue weighted by molar-refractivity contribution is 5.87. The van der Waals surface area contributed by atoms with Crippen LogP contribution in [0.5, 0.6) is 0 Å². The summed E-state index contributed by atoms with van der Waals surface area (Å²) < 4.78 is 0. The number of likely N-dealkylation sites (tertiary alicyclic amines) is 1. The molecule has 0 aromatic rings. The first-order valence-corrected chi connectivity index (χ1v) is 6.38. The molecule has 1 amide bonds. The Kier molecular flexibility index (Phi) is 3.05. The summed E-state index contributed by atoms with van der Waals surface area (Å²) in [5, 5.41) is 18.4. The van der Waals surface area contributed by atoms with E-state index in [1.165, 1.54) is 0 Å². The number of hydrogen-bond donors (Lipinski definition) is 1. The third-order valence-corrected chi connectivity index (χ3v) is 4.36. The quantitative estimate of drug-likeness (QED) is 0.803. The van der Waals surface area contributed by atoms with Crippen molar-refractivity contribution in [3.05, 3.63) is 0 Å². The predicted octanol–water partition coefficient (Wildman–Crippen LogP) is 1.39. The Morgan fingerprint density at radius 1 is 1.28 bits per heavy atom. The summed E-state index contributed by atoms with van der Waals surface area (Å²) in [6.45, 7) is 2.34. The van der Waals surface area contributed by atoms with Crippen molar-refractivity contribution in [1.29, 1.82) is 5.26 Å². The van der Waals surface area contributed by atoms with Crippen LogP contribution in [0, 0.1) is 22.2 Å². The number of amides is 1. The maximum Gasteiger partial charge on any atom is 0.311 e. The average Bonchev–Trinajstić information content (AvgIpc) is 2.96. The van der Waals surface area contributed by atoms with Gasteiger partial charge in [0.25, 0.3) is 0 Å². The lowest BCUT2D eigenvalue weighted by Crippen LogP contribution is -2.42. The first-order chi connectivity index (χ1) is 8.43. The number of hydrogen-bond acceptors (Lipinski definition) is 3. The van der Waals surface area contributed by atoms with E-state index in [2.05, 4.69) is 6.07 Å². The van der Waals surface area contributed by atoms with Crippen molar-refractivity contribution in [2.75, 3.05) is 13.1 Å². The Hall–Kier alpha value is -1.57. The number of rotatable bonds is 2. The second-order valence-corrected chi connectivity index (χ2v) is 5.74. The molecular formula is C13H18N2O3. The Morgan fingerprint density at radius 2 is 1.89 bits per heavy atom. The van der Waals surface area contributed by atoms with Gasteiger partial charge in [-0.25, -0.2) is 0 Å². The molecule has 1 saturated carbocycles. The standard InChI is InChI=1S/C13H18N2O3/c1-12(11(17)18)6-7-15(9-12)10(16)13(8-14)4-2-3-5-13/h2-7,9H2,1H3,(H,17,18). The van der Waals surface area contributed by atoms with Crippen LogP contribution in [0.1, 0.15) is 39.0 Å². The number of nitrogens with zero attached hydrogens (tertiary/aromatic N) is 2. The summed E-state index contributed by atoms with van der Waals surface area (Å²) >= 11 is 0. The van der Waals surface area contributed by atoms with Crippen molar-refractivity contribution in [3.8, 4) is 6.07 Å². The molecule has 98 valence electrons. The van der Waals surface area contributed by atoms with E-state index in [0.717, 1.165) is 12.8 Å². The topological polar surface area (TPSA) is 81.4 Å². The van der Waals surface area contributed by atoms with E-state index in [0.29, 0.717) is 25.8 Å². The van der Waals surface area contributed by atoms with Crippen LogP contribution in [-0.4, -0.2) is 35.0 Å². The third-order valence-electron chi connectivity index (χ3n) is 4.36. The van der Waals surface area contributed by atoms with Gasteiger partial charge in [0.15, 0.2) is 0 Å². The van der Waals surface area contributed by atoms with E-state index >= 15 is 0 Å². The zero-order valence-corrected chi connectivity index (χ0v) is 10.6. The van der Waals surface area contributed by atoms with Crippen molar-refractivity contribution < 1.29 is 14.7 Å². The molecule has 1 aliphatic carbocycles. The molecule has 18 heavy (non-hydrogen) atoms. The SMILES string of the molecule is CC1(C(=O)O)CCN(C(=O)C2(C#N)CCCC2)C1. The molecule has 0 spiro atoms. The predicted molar refractivity (Wildman–Crippen MR) is 63.5 cm³/mol. The normalized spacial score (nSPS) is 30.1. The maximum absolute atomic E-state index is 12.4. The molecule has 5 heteroatoms. The van der Waals surface area contributed by atoms with Gasteiger partial charge in [0, 0.05) is 13.1 Å². The zero-order chi connectivity index (χ0) is 13.4. The molecule has 2 rings (SSSR count). The molecule has 1 N–H and O–H groups in total. The van der Waals surface area contributed by atoms with E-state index in [4.69, 9.17) is 5.11 Å². The van der Waals surface area contributed by atoms with Gasteiger partial charge in [-0.3, -0.25) is 9.59 Å². The summed E-state index contributed by atoms with van der Waals surface area (Å²) in [5.74, 6) is -1.03. The van der Waals surface area contributed by atoms with Crippen LogP contribution in [-0.2, 0) is 9.59 Å². The van der Waals surface area contributed by atoms with Crippen LogP contribution < -0.4 is 0 Å². The number of carboxylic acids is 1. The third kappa shape index (κ3) is 1.86. The fourth-order valence-electron chi connectivity index (χ4n) is 2.96. The number of nitriles is 1. The first kappa shape index (κ1) is 12.9. The van der Waals surface area contributed by atoms with Crippen LogP contribution in [0.25, 0.3) is 0 Å². The summed E-state index contributed by atoms with van der Waals surface area (Å²) in [6.07, 6.45) is 3.51. The Balaban J connectivity index is 2.13. The molecule has 1 aliphatic heterocycles. The summed E-state index contributed by atoms with van der Waals surface area (Å²) in [7, 11) is 0. The molecule has 0 bridgehead atoms. The molecule has 0 aromatic carbocycles. The second kappa shape index (κ2) is 4.27. The molecule has 0 radical (unpaired) electrons. The lowest BCUT2D eigenvalue weighted by atomic mass is 9.86. The van der Waals surface area contributed by atoms with E-state index in [1.807, 2.05) is 0 Å². The smallest absolute Gasteiger partial charge is 0.311 e. The van der Waals surface area contributed by atoms with Gasteiger partial charge in [0.1, 0.15) is 5.41 Å². The van der Waals surface area contributed by atoms with Gasteiger partial charge in [0.2, 0.25) is 5.91 Å². The van der Waals surface area contributed by atoms with Gasteiger partial charge in [0.05, 0.1) is 11.5 Å². The lowest BCUT2D eigenvalue weighted by molar-refractivity contribution is -0.148. The fraction of sp³-hybridized carbons (Fsp3) is 0.769. The highest BCUT2D eigenvalue weighted by atomic mass is 16.4. The molecule has 1 heterocycles. The number of carbonyl (C=O) groups excluding carboxylic acids is 1. The number of aliphatic carboxylic acids is 1. The van der Waals surface area contributed by atoms with Crippen LogP contribution in [0.2, 0.25) is 0 Å². The fourth-order valence-corrected chi connectivity index (χ4v) is 2.96. The van der Waals surface area contributed by atoms with Gasteiger partial charge in [-0.1, -0.05) is 12.8 Å². The lowest BCUT2D eigenvalue weighted by Gasteiger charge is -2.27. The minimum atomic E-state index is -0.885. The minimum Gasteiger partial charge on any atom is -0.481 e. The monoisotopic (exact) mass is 250 g/mol. The van der Waals surface area contributed by atoms with Crippen LogP contribution in [0.15, 0.2) is 0 Å². The van der Waals surface area contributed by atoms with Crippen molar-refractivity contribution >= 4 is 11.9 Å². The van der Waals surface area contributed by atoms with Gasteiger partial charge < -0.3 is 10.0 Å². The first-order valence-electron chi connectivity index (χ1n) is 6.38. The molecule has 5 nitrogen and oxygen atoms in total. The zero-order valence-electron chi connectivity index (χ0n) is 10.6. The molecule has 1 unspecified atom stereocenters. The van der Waals surface area contributed by atoms with E-state index in [1.54, 1.807) is 11.8 Å². The number of carboxylic acid groups (broad SMARTS) is 1. The Bertz CT molecular complexity index is 420. The van der Waals surface area contributed by atoms with Crippen molar-refractivity contribution in [3.63, 3.8) is 0 Å². The van der Waals surface area contributed by atoms with Crippen LogP contribution in [0.3, 0.4) is 0 Å². The van der Waals surface area contributed by atoms with E-state index in [9.17, 15) is 14.9 Å². The van der Waals surface area contributed by atoms with E-state index < -0.39 is 16.8 Å². The maximum atomic E-state index is 12.4. The van der Waals surface area contributed by atoms with Crippen LogP contribution in [0.4, 0.5) is 0 Å². The molecular weight excluding hydrogens is 232 g/mol. The molecule has 2 fully saturated rings. The van der Waals surface area contributed by atoms with Crippen molar-refractivity contribution in [2.24, 2.45) is 10.8 Å². The average molecular weight is 250 g/mol. The largest absolute Gasteiger partial charge is 0.481 e. The summed E-state index contributed by atoms with van der Waals surface area (Å²) in [5.41, 5.74) is -1.74. The Labute approximate surface area is 106 Å². The number of carbonyl (C=O) groups is 2. The van der Waals surface area contributed by atoms with Gasteiger partial charge in [-0.2, -0.15) is 5.26 Å². The second-order valence-electron chi connectivity index (χ2n) is 5.74. The Morgan fingerprint density at radius 3 is 2.33 bits per heavy atom. The highest BCUT2D eigenvalue weighted by Gasteiger charge is 2.49. The highest BCUT2D eigenvalue weighted by Crippen LogP contribution is 2.41. The van der Waals surface area contributed by atoms with Crippen LogP contribution >= 0.6 is 0 Å². The van der Waals surface area contributed by atoms with Crippen molar-refractivity contribution in [2.45, 2.75) is 39.0 Å². The minimum absolute atomic E-state index is 0.160. The summed E-state index contributed by atoms with van der Waals surface area (Å²) in [4.78, 5) is 25.2. The van der Waals surface area contributed by atoms with Gasteiger partial charge in [-0.05, 0) is 26.2 Å². The van der Waals surface area contributed by atoms with Gasteiger partial charge >= 0.3 is 5.97 Å². The molecule has 0 aromatic heterocycles. The molecule has 1 saturated heterocycles. The molecule has 2 aliphatic rings. The van der Waals surface area contributed by atoms with Crippen molar-refractivity contribution in [1.82, 2.24) is 4.90 Å². The summed E-state index contributed by atoms with van der Waals surface area (Å²) in [6, 6.07) is 2.17. The van der Waals surface area contributed by atoms with Gasteiger partial charge in [-0.15, -0.1) is 0 Å². The molecule has 1 atom stereocenters.